The molecule has 0 aromatic heterocycles. The number of carbonyl (C=O) groups is 2. The third-order valence-corrected chi connectivity index (χ3v) is 2.00. The van der Waals surface area contributed by atoms with Gasteiger partial charge in [-0.05, 0) is 25.1 Å². The van der Waals surface area contributed by atoms with Crippen LogP contribution >= 0.6 is 0 Å². The van der Waals surface area contributed by atoms with Gasteiger partial charge in [0.2, 0.25) is 0 Å². The second kappa shape index (κ2) is 3.14. The molecule has 4 heteroatoms. The summed E-state index contributed by atoms with van der Waals surface area (Å²) in [6.07, 6.45) is 0. The Hall–Kier alpha value is -1.84. The fourth-order valence-electron chi connectivity index (χ4n) is 1.38. The van der Waals surface area contributed by atoms with E-state index in [1.807, 2.05) is 6.92 Å². The van der Waals surface area contributed by atoms with Crippen molar-refractivity contribution in [3.63, 3.8) is 0 Å². The summed E-state index contributed by atoms with van der Waals surface area (Å²) in [6.45, 7) is 2.40. The summed E-state index contributed by atoms with van der Waals surface area (Å²) in [5, 5.41) is 2.47. The van der Waals surface area contributed by atoms with Crippen LogP contribution < -0.4 is 10.1 Å². The summed E-state index contributed by atoms with van der Waals surface area (Å²) in [5.41, 5.74) is 0.949. The molecule has 0 spiro atoms. The van der Waals surface area contributed by atoms with Crippen molar-refractivity contribution < 1.29 is 14.3 Å². The van der Waals surface area contributed by atoms with E-state index < -0.39 is 11.7 Å². The molecule has 14 heavy (non-hydrogen) atoms. The molecule has 0 unspecified atom stereocenters. The Morgan fingerprint density at radius 1 is 1.36 bits per heavy atom. The molecule has 1 aliphatic rings. The smallest absolute Gasteiger partial charge is 0.296 e. The second-order valence-electron chi connectivity index (χ2n) is 2.92. The van der Waals surface area contributed by atoms with Gasteiger partial charge in [0.05, 0.1) is 17.9 Å². The summed E-state index contributed by atoms with van der Waals surface area (Å²) in [7, 11) is 0. The van der Waals surface area contributed by atoms with E-state index in [0.29, 0.717) is 23.6 Å². The Balaban J connectivity index is 2.41. The zero-order valence-electron chi connectivity index (χ0n) is 7.66. The first-order chi connectivity index (χ1) is 6.72. The number of ketones is 1. The number of hydrogen-bond acceptors (Lipinski definition) is 3. The average Bonchev–Trinajstić information content (AvgIpc) is 2.45. The molecule has 0 saturated carbocycles. The van der Waals surface area contributed by atoms with Gasteiger partial charge in [-0.2, -0.15) is 0 Å². The van der Waals surface area contributed by atoms with Crippen molar-refractivity contribution >= 4 is 17.4 Å². The number of fused-ring (bicyclic) bond motifs is 1. The number of nitrogens with one attached hydrogen (secondary N) is 1. The molecule has 72 valence electrons. The van der Waals surface area contributed by atoms with Crippen LogP contribution in [-0.4, -0.2) is 18.3 Å². The fourth-order valence-corrected chi connectivity index (χ4v) is 1.38. The molecule has 1 heterocycles. The fraction of sp³-hybridized carbons (Fsp3) is 0.200. The Bertz CT molecular complexity index is 412. The minimum Gasteiger partial charge on any atom is -0.494 e. The molecular formula is C10H9NO3. The SMILES string of the molecule is CCOc1ccc2c(c1)C(=O)C(=O)N2. The molecule has 1 aliphatic heterocycles. The second-order valence-corrected chi connectivity index (χ2v) is 2.92. The zero-order chi connectivity index (χ0) is 10.1. The van der Waals surface area contributed by atoms with E-state index in [4.69, 9.17) is 4.74 Å². The van der Waals surface area contributed by atoms with Gasteiger partial charge in [0.1, 0.15) is 5.75 Å². The lowest BCUT2D eigenvalue weighted by molar-refractivity contribution is -0.112. The number of Topliss-reactive ketones (excluding diaryl/α,β-unsaturated/α-hetero) is 1. The van der Waals surface area contributed by atoms with E-state index in [1.165, 1.54) is 0 Å². The third-order valence-electron chi connectivity index (χ3n) is 2.00. The third kappa shape index (κ3) is 1.25. The summed E-state index contributed by atoms with van der Waals surface area (Å²) in [6, 6.07) is 4.98. The highest BCUT2D eigenvalue weighted by molar-refractivity contribution is 6.51. The van der Waals surface area contributed by atoms with Crippen LogP contribution in [0, 0.1) is 0 Å². The lowest BCUT2D eigenvalue weighted by Gasteiger charge is -2.03. The van der Waals surface area contributed by atoms with Crippen molar-refractivity contribution in [3.8, 4) is 5.75 Å². The van der Waals surface area contributed by atoms with Gasteiger partial charge in [-0.1, -0.05) is 0 Å². The maximum absolute atomic E-state index is 11.3. The number of amides is 1. The van der Waals surface area contributed by atoms with Gasteiger partial charge in [-0.3, -0.25) is 9.59 Å². The lowest BCUT2D eigenvalue weighted by Crippen LogP contribution is -2.12. The van der Waals surface area contributed by atoms with Crippen LogP contribution in [0.15, 0.2) is 18.2 Å². The molecule has 0 bridgehead atoms. The van der Waals surface area contributed by atoms with E-state index in [1.54, 1.807) is 18.2 Å². The van der Waals surface area contributed by atoms with E-state index in [2.05, 4.69) is 5.32 Å². The first kappa shape index (κ1) is 8.74. The van der Waals surface area contributed by atoms with Crippen molar-refractivity contribution in [1.29, 1.82) is 0 Å². The first-order valence-electron chi connectivity index (χ1n) is 4.35. The van der Waals surface area contributed by atoms with Crippen LogP contribution in [0.25, 0.3) is 0 Å². The van der Waals surface area contributed by atoms with Crippen molar-refractivity contribution in [2.45, 2.75) is 6.92 Å². The molecule has 0 atom stereocenters. The summed E-state index contributed by atoms with van der Waals surface area (Å²) in [4.78, 5) is 22.3. The lowest BCUT2D eigenvalue weighted by atomic mass is 10.1. The molecule has 1 N–H and O–H groups in total. The standard InChI is InChI=1S/C10H9NO3/c1-2-14-6-3-4-8-7(5-6)9(12)10(13)11-8/h3-5H,2H2,1H3,(H,11,12,13). The van der Waals surface area contributed by atoms with Crippen molar-refractivity contribution in [1.82, 2.24) is 0 Å². The number of rotatable bonds is 2. The number of carbonyl (C=O) groups excluding carboxylic acids is 2. The first-order valence-corrected chi connectivity index (χ1v) is 4.35. The molecule has 0 fully saturated rings. The quantitative estimate of drug-likeness (QED) is 0.715. The molecule has 2 rings (SSSR count). The van der Waals surface area contributed by atoms with Gasteiger partial charge in [0, 0.05) is 0 Å². The molecule has 1 aromatic rings. The van der Waals surface area contributed by atoms with Gasteiger partial charge in [-0.25, -0.2) is 0 Å². The predicted molar refractivity (Wildman–Crippen MR) is 50.6 cm³/mol. The molecular weight excluding hydrogens is 182 g/mol. The molecule has 1 amide bonds. The highest BCUT2D eigenvalue weighted by atomic mass is 16.5. The molecule has 0 saturated heterocycles. The summed E-state index contributed by atoms with van der Waals surface area (Å²) in [5.74, 6) is -0.466. The van der Waals surface area contributed by atoms with Gasteiger partial charge in [-0.15, -0.1) is 0 Å². The highest BCUT2D eigenvalue weighted by Crippen LogP contribution is 2.26. The van der Waals surface area contributed by atoms with E-state index >= 15 is 0 Å². The van der Waals surface area contributed by atoms with E-state index in [9.17, 15) is 9.59 Å². The van der Waals surface area contributed by atoms with Crippen LogP contribution in [-0.2, 0) is 4.79 Å². The number of anilines is 1. The van der Waals surface area contributed by atoms with Gasteiger partial charge in [0.25, 0.3) is 11.7 Å². The molecule has 4 nitrogen and oxygen atoms in total. The Labute approximate surface area is 80.9 Å². The van der Waals surface area contributed by atoms with Gasteiger partial charge >= 0.3 is 0 Å². The van der Waals surface area contributed by atoms with Gasteiger partial charge in [0.15, 0.2) is 0 Å². The topological polar surface area (TPSA) is 55.4 Å². The largest absolute Gasteiger partial charge is 0.494 e. The number of benzene rings is 1. The van der Waals surface area contributed by atoms with Crippen LogP contribution in [0.1, 0.15) is 17.3 Å². The number of hydrogen-bond donors (Lipinski definition) is 1. The Kier molecular flexibility index (Phi) is 1.96. The van der Waals surface area contributed by atoms with Crippen molar-refractivity contribution in [2.75, 3.05) is 11.9 Å². The van der Waals surface area contributed by atoms with Crippen LogP contribution in [0.4, 0.5) is 5.69 Å². The maximum atomic E-state index is 11.3. The Morgan fingerprint density at radius 3 is 2.86 bits per heavy atom. The summed E-state index contributed by atoms with van der Waals surface area (Å²) < 4.78 is 5.22. The maximum Gasteiger partial charge on any atom is 0.296 e. The molecule has 1 aromatic carbocycles. The molecule has 0 aliphatic carbocycles. The van der Waals surface area contributed by atoms with Crippen LogP contribution in [0.5, 0.6) is 5.75 Å². The van der Waals surface area contributed by atoms with E-state index in [-0.39, 0.29) is 0 Å². The predicted octanol–water partition coefficient (Wildman–Crippen LogP) is 1.22. The van der Waals surface area contributed by atoms with E-state index in [0.717, 1.165) is 0 Å². The average molecular weight is 191 g/mol. The minimum atomic E-state index is -0.575. The highest BCUT2D eigenvalue weighted by Gasteiger charge is 2.27. The minimum absolute atomic E-state index is 0.390. The Morgan fingerprint density at radius 2 is 2.14 bits per heavy atom. The monoisotopic (exact) mass is 191 g/mol. The summed E-state index contributed by atoms with van der Waals surface area (Å²) >= 11 is 0. The van der Waals surface area contributed by atoms with Crippen LogP contribution in [0.3, 0.4) is 0 Å². The normalized spacial score (nSPS) is 13.8. The molecule has 0 radical (unpaired) electrons. The number of ether oxygens (including phenoxy) is 1. The van der Waals surface area contributed by atoms with Crippen molar-refractivity contribution in [3.05, 3.63) is 23.8 Å². The zero-order valence-corrected chi connectivity index (χ0v) is 7.66. The van der Waals surface area contributed by atoms with Crippen molar-refractivity contribution in [2.24, 2.45) is 0 Å². The van der Waals surface area contributed by atoms with Gasteiger partial charge < -0.3 is 10.1 Å². The van der Waals surface area contributed by atoms with Crippen LogP contribution in [0.2, 0.25) is 0 Å².